The molecule has 18 heavy (non-hydrogen) atoms. The Kier molecular flexibility index (Phi) is 5.45. The van der Waals surface area contributed by atoms with Gasteiger partial charge in [0.25, 0.3) is 5.91 Å². The standard InChI is InChI=1S/C13H21N3O2/c1-4-6-18-10(3)8-15-13(17)12-7-11(14)9-16(12)5-2/h4,7,9-10H,1,5-6,8,14H2,2-3H3,(H,15,17). The number of carbonyl (C=O) groups is 1. The number of aryl methyl sites for hydroxylation is 1. The molecule has 0 bridgehead atoms. The molecule has 1 unspecified atom stereocenters. The summed E-state index contributed by atoms with van der Waals surface area (Å²) in [7, 11) is 0. The third-order valence-electron chi connectivity index (χ3n) is 2.54. The molecule has 0 aliphatic heterocycles. The van der Waals surface area contributed by atoms with Crippen LogP contribution in [0.5, 0.6) is 0 Å². The number of amides is 1. The number of rotatable bonds is 7. The summed E-state index contributed by atoms with van der Waals surface area (Å²) in [6.07, 6.45) is 3.39. The minimum Gasteiger partial charge on any atom is -0.397 e. The fraction of sp³-hybridized carbons (Fsp3) is 0.462. The van der Waals surface area contributed by atoms with Gasteiger partial charge in [-0.05, 0) is 19.9 Å². The van der Waals surface area contributed by atoms with E-state index in [9.17, 15) is 4.79 Å². The molecule has 1 aromatic heterocycles. The summed E-state index contributed by atoms with van der Waals surface area (Å²) in [5.74, 6) is -0.136. The van der Waals surface area contributed by atoms with Gasteiger partial charge < -0.3 is 20.4 Å². The first kappa shape index (κ1) is 14.3. The topological polar surface area (TPSA) is 69.3 Å². The van der Waals surface area contributed by atoms with E-state index in [1.807, 2.05) is 18.4 Å². The Morgan fingerprint density at radius 1 is 1.72 bits per heavy atom. The van der Waals surface area contributed by atoms with Crippen LogP contribution in [0.1, 0.15) is 24.3 Å². The smallest absolute Gasteiger partial charge is 0.268 e. The van der Waals surface area contributed by atoms with Crippen molar-refractivity contribution in [3.63, 3.8) is 0 Å². The first-order valence-corrected chi connectivity index (χ1v) is 6.04. The van der Waals surface area contributed by atoms with Crippen molar-refractivity contribution < 1.29 is 9.53 Å². The molecule has 0 radical (unpaired) electrons. The second-order valence-corrected chi connectivity index (χ2v) is 4.09. The Labute approximate surface area is 108 Å². The van der Waals surface area contributed by atoms with E-state index in [0.29, 0.717) is 31.1 Å². The number of nitrogens with one attached hydrogen (secondary N) is 1. The molecule has 5 nitrogen and oxygen atoms in total. The summed E-state index contributed by atoms with van der Waals surface area (Å²) < 4.78 is 7.19. The van der Waals surface area contributed by atoms with Gasteiger partial charge >= 0.3 is 0 Å². The number of hydrogen-bond acceptors (Lipinski definition) is 3. The van der Waals surface area contributed by atoms with Crippen molar-refractivity contribution in [1.29, 1.82) is 0 Å². The maximum atomic E-state index is 12.0. The third kappa shape index (κ3) is 3.92. The van der Waals surface area contributed by atoms with Crippen LogP contribution in [0.4, 0.5) is 5.69 Å². The molecule has 1 aromatic rings. The van der Waals surface area contributed by atoms with Gasteiger partial charge in [-0.1, -0.05) is 6.08 Å². The van der Waals surface area contributed by atoms with E-state index >= 15 is 0 Å². The molecule has 0 aromatic carbocycles. The molecule has 1 heterocycles. The molecular weight excluding hydrogens is 230 g/mol. The number of nitrogens with two attached hydrogens (primary N) is 1. The molecule has 1 atom stereocenters. The van der Waals surface area contributed by atoms with E-state index in [4.69, 9.17) is 10.5 Å². The van der Waals surface area contributed by atoms with Gasteiger partial charge in [0.15, 0.2) is 0 Å². The third-order valence-corrected chi connectivity index (χ3v) is 2.54. The number of nitrogen functional groups attached to an aromatic ring is 1. The van der Waals surface area contributed by atoms with Crippen LogP contribution < -0.4 is 11.1 Å². The Hall–Kier alpha value is -1.75. The molecule has 1 amide bonds. The van der Waals surface area contributed by atoms with Crippen molar-refractivity contribution in [3.05, 3.63) is 30.6 Å². The van der Waals surface area contributed by atoms with Crippen LogP contribution in [0.25, 0.3) is 0 Å². The molecule has 0 saturated carbocycles. The summed E-state index contributed by atoms with van der Waals surface area (Å²) in [6.45, 7) is 9.09. The van der Waals surface area contributed by atoms with Gasteiger partial charge in [-0.2, -0.15) is 0 Å². The minimum atomic E-state index is -0.136. The van der Waals surface area contributed by atoms with Gasteiger partial charge in [-0.25, -0.2) is 0 Å². The van der Waals surface area contributed by atoms with Crippen LogP contribution in [0, 0.1) is 0 Å². The van der Waals surface area contributed by atoms with Crippen LogP contribution in [0.3, 0.4) is 0 Å². The molecule has 1 rings (SSSR count). The van der Waals surface area contributed by atoms with E-state index < -0.39 is 0 Å². The number of nitrogens with zero attached hydrogens (tertiary/aromatic N) is 1. The second kappa shape index (κ2) is 6.86. The first-order chi connectivity index (χ1) is 8.58. The monoisotopic (exact) mass is 251 g/mol. The van der Waals surface area contributed by atoms with Crippen molar-refractivity contribution in [2.24, 2.45) is 0 Å². The van der Waals surface area contributed by atoms with E-state index in [0.717, 1.165) is 0 Å². The fourth-order valence-electron chi connectivity index (χ4n) is 1.60. The molecule has 0 fully saturated rings. The van der Waals surface area contributed by atoms with Crippen molar-refractivity contribution in [1.82, 2.24) is 9.88 Å². The Morgan fingerprint density at radius 3 is 3.06 bits per heavy atom. The highest BCUT2D eigenvalue weighted by molar-refractivity contribution is 5.93. The zero-order valence-corrected chi connectivity index (χ0v) is 11.0. The highest BCUT2D eigenvalue weighted by Gasteiger charge is 2.12. The van der Waals surface area contributed by atoms with Gasteiger partial charge in [-0.15, -0.1) is 6.58 Å². The van der Waals surface area contributed by atoms with Gasteiger partial charge in [0.2, 0.25) is 0 Å². The molecule has 0 spiro atoms. The predicted molar refractivity (Wildman–Crippen MR) is 72.5 cm³/mol. The summed E-state index contributed by atoms with van der Waals surface area (Å²) in [4.78, 5) is 12.0. The lowest BCUT2D eigenvalue weighted by Gasteiger charge is -2.13. The van der Waals surface area contributed by atoms with Crippen molar-refractivity contribution in [2.45, 2.75) is 26.5 Å². The average molecular weight is 251 g/mol. The van der Waals surface area contributed by atoms with E-state index in [1.54, 1.807) is 18.3 Å². The fourth-order valence-corrected chi connectivity index (χ4v) is 1.60. The largest absolute Gasteiger partial charge is 0.397 e. The molecule has 0 aliphatic carbocycles. The number of anilines is 1. The number of carbonyl (C=O) groups excluding carboxylic acids is 1. The Balaban J connectivity index is 2.52. The average Bonchev–Trinajstić information content (AvgIpc) is 2.74. The minimum absolute atomic E-state index is 0.0469. The van der Waals surface area contributed by atoms with Crippen molar-refractivity contribution >= 4 is 11.6 Å². The predicted octanol–water partition coefficient (Wildman–Crippen LogP) is 1.41. The van der Waals surface area contributed by atoms with E-state index in [-0.39, 0.29) is 12.0 Å². The lowest BCUT2D eigenvalue weighted by molar-refractivity contribution is 0.0764. The van der Waals surface area contributed by atoms with Gasteiger partial charge in [0.05, 0.1) is 18.4 Å². The molecule has 0 aliphatic rings. The summed E-state index contributed by atoms with van der Waals surface area (Å²) in [5.41, 5.74) is 6.85. The van der Waals surface area contributed by atoms with Gasteiger partial charge in [-0.3, -0.25) is 4.79 Å². The van der Waals surface area contributed by atoms with Crippen LogP contribution in [-0.2, 0) is 11.3 Å². The van der Waals surface area contributed by atoms with Crippen molar-refractivity contribution in [2.75, 3.05) is 18.9 Å². The highest BCUT2D eigenvalue weighted by atomic mass is 16.5. The van der Waals surface area contributed by atoms with Gasteiger partial charge in [0, 0.05) is 19.3 Å². The molecule has 0 saturated heterocycles. The zero-order chi connectivity index (χ0) is 13.5. The van der Waals surface area contributed by atoms with Crippen LogP contribution in [0.15, 0.2) is 24.9 Å². The zero-order valence-electron chi connectivity index (χ0n) is 11.0. The van der Waals surface area contributed by atoms with Crippen LogP contribution in [-0.4, -0.2) is 29.7 Å². The van der Waals surface area contributed by atoms with E-state index in [2.05, 4.69) is 11.9 Å². The second-order valence-electron chi connectivity index (χ2n) is 4.09. The maximum Gasteiger partial charge on any atom is 0.268 e. The molecule has 3 N–H and O–H groups in total. The normalized spacial score (nSPS) is 12.1. The van der Waals surface area contributed by atoms with E-state index in [1.165, 1.54) is 0 Å². The summed E-state index contributed by atoms with van der Waals surface area (Å²) in [5, 5.41) is 2.82. The Morgan fingerprint density at radius 2 is 2.44 bits per heavy atom. The first-order valence-electron chi connectivity index (χ1n) is 6.04. The number of ether oxygens (including phenoxy) is 1. The van der Waals surface area contributed by atoms with Crippen molar-refractivity contribution in [3.8, 4) is 0 Å². The summed E-state index contributed by atoms with van der Waals surface area (Å²) >= 11 is 0. The highest BCUT2D eigenvalue weighted by Crippen LogP contribution is 2.10. The SMILES string of the molecule is C=CCOC(C)CNC(=O)c1cc(N)cn1CC. The maximum absolute atomic E-state index is 12.0. The molecule has 100 valence electrons. The number of hydrogen-bond donors (Lipinski definition) is 2. The molecular formula is C13H21N3O2. The van der Waals surface area contributed by atoms with Crippen LogP contribution >= 0.6 is 0 Å². The quantitative estimate of drug-likeness (QED) is 0.720. The number of aromatic nitrogens is 1. The molecule has 5 heteroatoms. The van der Waals surface area contributed by atoms with Gasteiger partial charge in [0.1, 0.15) is 5.69 Å². The Bertz CT molecular complexity index is 412. The lowest BCUT2D eigenvalue weighted by atomic mass is 10.3. The lowest BCUT2D eigenvalue weighted by Crippen LogP contribution is -2.33. The summed E-state index contributed by atoms with van der Waals surface area (Å²) in [6, 6.07) is 1.67. The van der Waals surface area contributed by atoms with Crippen LogP contribution in [0.2, 0.25) is 0 Å².